The summed E-state index contributed by atoms with van der Waals surface area (Å²) >= 11 is 7.23. The van der Waals surface area contributed by atoms with Gasteiger partial charge in [-0.05, 0) is 35.7 Å². The molecule has 9 heteroatoms. The van der Waals surface area contributed by atoms with Crippen molar-refractivity contribution in [1.82, 2.24) is 19.3 Å². The van der Waals surface area contributed by atoms with Gasteiger partial charge in [-0.1, -0.05) is 47.1 Å². The highest BCUT2D eigenvalue weighted by Gasteiger charge is 2.18. The third-order valence-corrected chi connectivity index (χ3v) is 5.78. The van der Waals surface area contributed by atoms with E-state index in [1.165, 1.54) is 15.9 Å². The quantitative estimate of drug-likeness (QED) is 0.425. The lowest BCUT2D eigenvalue weighted by Gasteiger charge is -2.10. The first kappa shape index (κ1) is 18.5. The summed E-state index contributed by atoms with van der Waals surface area (Å²) in [6, 6.07) is 17.7. The molecule has 0 spiro atoms. The first-order valence-electron chi connectivity index (χ1n) is 8.99. The lowest BCUT2D eigenvalue weighted by molar-refractivity contribution is 0.370. The van der Waals surface area contributed by atoms with Gasteiger partial charge in [-0.25, -0.2) is 9.36 Å². The summed E-state index contributed by atoms with van der Waals surface area (Å²) < 4.78 is 8.43. The topological polar surface area (TPSA) is 82.9 Å². The molecule has 0 fully saturated rings. The fourth-order valence-electron chi connectivity index (χ4n) is 3.22. The standard InChI is InChI=1S/C21H13ClN4O3S/c22-14-6-8-15(9-7-14)26-20(27)18-16(10-11-30-18)25(21(26)28)12-17-23-19(24-29-17)13-4-2-1-3-5-13/h1-11H,12H2. The Morgan fingerprint density at radius 2 is 1.77 bits per heavy atom. The Labute approximate surface area is 178 Å². The Kier molecular flexibility index (Phi) is 4.57. The van der Waals surface area contributed by atoms with E-state index in [9.17, 15) is 9.59 Å². The van der Waals surface area contributed by atoms with E-state index in [0.29, 0.717) is 26.8 Å². The van der Waals surface area contributed by atoms with Crippen LogP contribution in [-0.4, -0.2) is 19.3 Å². The number of aromatic nitrogens is 4. The van der Waals surface area contributed by atoms with E-state index in [0.717, 1.165) is 10.1 Å². The highest BCUT2D eigenvalue weighted by atomic mass is 35.5. The van der Waals surface area contributed by atoms with Gasteiger partial charge >= 0.3 is 5.69 Å². The predicted octanol–water partition coefficient (Wildman–Crippen LogP) is 3.97. The zero-order valence-electron chi connectivity index (χ0n) is 15.4. The molecule has 148 valence electrons. The molecule has 2 aromatic carbocycles. The minimum Gasteiger partial charge on any atom is -0.337 e. The van der Waals surface area contributed by atoms with Crippen LogP contribution in [0.15, 0.2) is 80.2 Å². The highest BCUT2D eigenvalue weighted by molar-refractivity contribution is 7.17. The van der Waals surface area contributed by atoms with Crippen molar-refractivity contribution in [2.24, 2.45) is 0 Å². The third-order valence-electron chi connectivity index (χ3n) is 4.63. The predicted molar refractivity (Wildman–Crippen MR) is 116 cm³/mol. The molecule has 0 aliphatic carbocycles. The fourth-order valence-corrected chi connectivity index (χ4v) is 4.17. The lowest BCUT2D eigenvalue weighted by Crippen LogP contribution is -2.38. The van der Waals surface area contributed by atoms with E-state index in [-0.39, 0.29) is 18.0 Å². The molecule has 30 heavy (non-hydrogen) atoms. The monoisotopic (exact) mass is 436 g/mol. The average molecular weight is 437 g/mol. The number of hydrogen-bond donors (Lipinski definition) is 0. The molecule has 0 radical (unpaired) electrons. The molecule has 0 aliphatic rings. The summed E-state index contributed by atoms with van der Waals surface area (Å²) in [6.45, 7) is 0.0414. The Morgan fingerprint density at radius 3 is 2.53 bits per heavy atom. The van der Waals surface area contributed by atoms with Crippen molar-refractivity contribution in [2.45, 2.75) is 6.54 Å². The number of benzene rings is 2. The van der Waals surface area contributed by atoms with Crippen LogP contribution in [0.25, 0.3) is 27.3 Å². The van der Waals surface area contributed by atoms with Gasteiger partial charge in [-0.15, -0.1) is 11.3 Å². The van der Waals surface area contributed by atoms with Gasteiger partial charge in [0.15, 0.2) is 0 Å². The molecule has 0 unspecified atom stereocenters. The van der Waals surface area contributed by atoms with Crippen molar-refractivity contribution in [3.63, 3.8) is 0 Å². The largest absolute Gasteiger partial charge is 0.337 e. The van der Waals surface area contributed by atoms with Gasteiger partial charge < -0.3 is 4.52 Å². The minimum atomic E-state index is -0.493. The molecule has 0 aliphatic heterocycles. The van der Waals surface area contributed by atoms with Crippen LogP contribution in [0.4, 0.5) is 0 Å². The van der Waals surface area contributed by atoms with Crippen molar-refractivity contribution >= 4 is 33.2 Å². The summed E-state index contributed by atoms with van der Waals surface area (Å²) in [5.41, 5.74) is 0.909. The molecule has 7 nitrogen and oxygen atoms in total. The van der Waals surface area contributed by atoms with Gasteiger partial charge in [0.2, 0.25) is 11.7 Å². The van der Waals surface area contributed by atoms with Crippen molar-refractivity contribution in [2.75, 3.05) is 0 Å². The van der Waals surface area contributed by atoms with E-state index in [2.05, 4.69) is 10.1 Å². The SMILES string of the molecule is O=c1c2sccc2n(Cc2nc(-c3ccccc3)no2)c(=O)n1-c1ccc(Cl)cc1. The van der Waals surface area contributed by atoms with E-state index in [1.54, 1.807) is 35.7 Å². The first-order chi connectivity index (χ1) is 14.6. The summed E-state index contributed by atoms with van der Waals surface area (Å²) in [6.07, 6.45) is 0. The van der Waals surface area contributed by atoms with Crippen LogP contribution in [0, 0.1) is 0 Å². The summed E-state index contributed by atoms with van der Waals surface area (Å²) in [5, 5.41) is 6.30. The first-order valence-corrected chi connectivity index (χ1v) is 10.2. The summed E-state index contributed by atoms with van der Waals surface area (Å²) in [4.78, 5) is 30.6. The molecule has 3 aromatic heterocycles. The van der Waals surface area contributed by atoms with Gasteiger partial charge in [0.1, 0.15) is 11.2 Å². The molecule has 0 atom stereocenters. The number of thiophene rings is 1. The van der Waals surface area contributed by atoms with Gasteiger partial charge in [0, 0.05) is 10.6 Å². The molecule has 3 heterocycles. The number of halogens is 1. The Bertz CT molecular complexity index is 1470. The van der Waals surface area contributed by atoms with Crippen molar-refractivity contribution < 1.29 is 4.52 Å². The minimum absolute atomic E-state index is 0.0414. The second-order valence-corrected chi connectivity index (χ2v) is 7.85. The van der Waals surface area contributed by atoms with Gasteiger partial charge in [-0.2, -0.15) is 4.98 Å². The molecular weight excluding hydrogens is 424 g/mol. The molecule has 0 bridgehead atoms. The second kappa shape index (κ2) is 7.40. The molecular formula is C21H13ClN4O3S. The van der Waals surface area contributed by atoms with E-state index in [1.807, 2.05) is 30.3 Å². The van der Waals surface area contributed by atoms with Crippen molar-refractivity contribution in [1.29, 1.82) is 0 Å². The molecule has 0 amide bonds. The Morgan fingerprint density at radius 1 is 1.00 bits per heavy atom. The smallest absolute Gasteiger partial charge is 0.336 e. The molecule has 0 N–H and O–H groups in total. The van der Waals surface area contributed by atoms with Gasteiger partial charge in [0.05, 0.1) is 11.2 Å². The maximum Gasteiger partial charge on any atom is 0.336 e. The zero-order chi connectivity index (χ0) is 20.7. The Hall–Kier alpha value is -3.49. The van der Waals surface area contributed by atoms with Crippen LogP contribution in [0.3, 0.4) is 0 Å². The fraction of sp³-hybridized carbons (Fsp3) is 0.0476. The van der Waals surface area contributed by atoms with E-state index >= 15 is 0 Å². The number of rotatable bonds is 4. The molecule has 0 saturated carbocycles. The van der Waals surface area contributed by atoms with Crippen LogP contribution in [0.2, 0.25) is 5.02 Å². The van der Waals surface area contributed by atoms with Crippen LogP contribution < -0.4 is 11.2 Å². The zero-order valence-corrected chi connectivity index (χ0v) is 16.9. The van der Waals surface area contributed by atoms with Crippen molar-refractivity contribution in [3.8, 4) is 17.1 Å². The van der Waals surface area contributed by atoms with Crippen LogP contribution in [0.5, 0.6) is 0 Å². The number of fused-ring (bicyclic) bond motifs is 1. The van der Waals surface area contributed by atoms with Crippen LogP contribution in [-0.2, 0) is 6.54 Å². The van der Waals surface area contributed by atoms with E-state index < -0.39 is 5.69 Å². The molecule has 0 saturated heterocycles. The van der Waals surface area contributed by atoms with Gasteiger partial charge in [0.25, 0.3) is 5.56 Å². The average Bonchev–Trinajstić information content (AvgIpc) is 3.43. The summed E-state index contributed by atoms with van der Waals surface area (Å²) in [7, 11) is 0. The van der Waals surface area contributed by atoms with E-state index in [4.69, 9.17) is 16.1 Å². The van der Waals surface area contributed by atoms with Gasteiger partial charge in [-0.3, -0.25) is 9.36 Å². The molecule has 5 aromatic rings. The third kappa shape index (κ3) is 3.16. The van der Waals surface area contributed by atoms with Crippen molar-refractivity contribution in [3.05, 3.63) is 97.8 Å². The second-order valence-electron chi connectivity index (χ2n) is 6.50. The number of hydrogen-bond acceptors (Lipinski definition) is 6. The summed E-state index contributed by atoms with van der Waals surface area (Å²) in [5.74, 6) is 0.705. The normalized spacial score (nSPS) is 11.2. The van der Waals surface area contributed by atoms with Crippen LogP contribution in [0.1, 0.15) is 5.89 Å². The maximum absolute atomic E-state index is 13.3. The highest BCUT2D eigenvalue weighted by Crippen LogP contribution is 2.19. The maximum atomic E-state index is 13.3. The number of nitrogens with zero attached hydrogens (tertiary/aromatic N) is 4. The molecule has 5 rings (SSSR count). The van der Waals surface area contributed by atoms with Crippen LogP contribution >= 0.6 is 22.9 Å². The lowest BCUT2D eigenvalue weighted by atomic mass is 10.2. The Balaban J connectivity index is 1.64.